The van der Waals surface area contributed by atoms with Gasteiger partial charge in [-0.2, -0.15) is 0 Å². The predicted octanol–water partition coefficient (Wildman–Crippen LogP) is 4.04. The number of phosphoric acid groups is 1. The molecule has 4 nitrogen and oxygen atoms in total. The van der Waals surface area contributed by atoms with Gasteiger partial charge in [0.15, 0.2) is 0 Å². The average Bonchev–Trinajstić information content (AvgIpc) is 2.52. The number of fused-ring (bicyclic) bond motifs is 1. The van der Waals surface area contributed by atoms with E-state index in [1.807, 2.05) is 60.7 Å². The molecule has 0 radical (unpaired) electrons. The van der Waals surface area contributed by atoms with Crippen LogP contribution in [0.1, 0.15) is 17.2 Å². The smallest absolute Gasteiger partial charge is 0.303 e. The topological polar surface area (TPSA) is 66.8 Å². The van der Waals surface area contributed by atoms with E-state index in [-0.39, 0.29) is 0 Å². The van der Waals surface area contributed by atoms with Gasteiger partial charge in [-0.15, -0.1) is 0 Å². The maximum absolute atomic E-state index is 11.4. The van der Waals surface area contributed by atoms with Crippen molar-refractivity contribution >= 4 is 18.6 Å². The van der Waals surface area contributed by atoms with Gasteiger partial charge in [0.1, 0.15) is 6.10 Å². The Kier molecular flexibility index (Phi) is 4.10. The highest BCUT2D eigenvalue weighted by molar-refractivity contribution is 7.46. The number of hydrogen-bond donors (Lipinski definition) is 2. The summed E-state index contributed by atoms with van der Waals surface area (Å²) in [5.41, 5.74) is 1.43. The Morgan fingerprint density at radius 3 is 2.18 bits per heavy atom. The van der Waals surface area contributed by atoms with Crippen LogP contribution in [0.3, 0.4) is 0 Å². The summed E-state index contributed by atoms with van der Waals surface area (Å²) in [5, 5.41) is 1.91. The molecule has 0 fully saturated rings. The van der Waals surface area contributed by atoms with Crippen LogP contribution in [0.5, 0.6) is 0 Å². The molecule has 22 heavy (non-hydrogen) atoms. The van der Waals surface area contributed by atoms with E-state index in [0.717, 1.165) is 16.3 Å². The predicted molar refractivity (Wildman–Crippen MR) is 85.4 cm³/mol. The van der Waals surface area contributed by atoms with E-state index in [2.05, 4.69) is 0 Å². The molecule has 0 spiro atoms. The molecule has 0 heterocycles. The third-order valence-corrected chi connectivity index (χ3v) is 3.94. The van der Waals surface area contributed by atoms with Gasteiger partial charge in [0.05, 0.1) is 0 Å². The largest absolute Gasteiger partial charge is 0.470 e. The second-order valence-corrected chi connectivity index (χ2v) is 6.15. The fourth-order valence-electron chi connectivity index (χ4n) is 2.54. The van der Waals surface area contributed by atoms with Gasteiger partial charge < -0.3 is 9.79 Å². The third kappa shape index (κ3) is 3.26. The lowest BCUT2D eigenvalue weighted by molar-refractivity contribution is 0.159. The summed E-state index contributed by atoms with van der Waals surface area (Å²) in [4.78, 5) is 18.5. The first kappa shape index (κ1) is 14.9. The van der Waals surface area contributed by atoms with Gasteiger partial charge in [0.2, 0.25) is 0 Å². The maximum atomic E-state index is 11.4. The van der Waals surface area contributed by atoms with Gasteiger partial charge in [-0.1, -0.05) is 72.8 Å². The Hall–Kier alpha value is -1.97. The molecular formula is C17H15O4P. The van der Waals surface area contributed by atoms with Crippen LogP contribution in [-0.4, -0.2) is 9.79 Å². The maximum Gasteiger partial charge on any atom is 0.470 e. The van der Waals surface area contributed by atoms with Crippen LogP contribution in [0.2, 0.25) is 0 Å². The normalized spacial score (nSPS) is 13.2. The number of rotatable bonds is 4. The Labute approximate surface area is 128 Å². The van der Waals surface area contributed by atoms with E-state index in [4.69, 9.17) is 4.52 Å². The molecule has 0 saturated carbocycles. The van der Waals surface area contributed by atoms with Crippen LogP contribution in [0, 0.1) is 0 Å². The van der Waals surface area contributed by atoms with E-state index >= 15 is 0 Å². The minimum absolute atomic E-state index is 0.696. The molecule has 1 unspecified atom stereocenters. The summed E-state index contributed by atoms with van der Waals surface area (Å²) in [6.07, 6.45) is -0.826. The van der Waals surface area contributed by atoms with Gasteiger partial charge >= 0.3 is 7.82 Å². The molecule has 0 aliphatic carbocycles. The van der Waals surface area contributed by atoms with Gasteiger partial charge in [0, 0.05) is 0 Å². The molecule has 0 amide bonds. The first-order valence-corrected chi connectivity index (χ1v) is 8.34. The summed E-state index contributed by atoms with van der Waals surface area (Å²) in [6.45, 7) is 0. The molecular weight excluding hydrogens is 299 g/mol. The van der Waals surface area contributed by atoms with Crippen LogP contribution in [0.25, 0.3) is 10.8 Å². The van der Waals surface area contributed by atoms with Crippen molar-refractivity contribution in [3.63, 3.8) is 0 Å². The zero-order valence-electron chi connectivity index (χ0n) is 11.7. The Morgan fingerprint density at radius 2 is 1.45 bits per heavy atom. The van der Waals surface area contributed by atoms with Crippen molar-refractivity contribution in [1.82, 2.24) is 0 Å². The van der Waals surface area contributed by atoms with Crippen molar-refractivity contribution in [2.24, 2.45) is 0 Å². The van der Waals surface area contributed by atoms with Gasteiger partial charge in [-0.05, 0) is 21.9 Å². The Balaban J connectivity index is 2.18. The van der Waals surface area contributed by atoms with Gasteiger partial charge in [-0.25, -0.2) is 4.57 Å². The summed E-state index contributed by atoms with van der Waals surface area (Å²) >= 11 is 0. The first-order chi connectivity index (χ1) is 10.5. The van der Waals surface area contributed by atoms with Crippen LogP contribution >= 0.6 is 7.82 Å². The number of phosphoric ester groups is 1. The van der Waals surface area contributed by atoms with Gasteiger partial charge in [-0.3, -0.25) is 4.52 Å². The second kappa shape index (κ2) is 6.03. The average molecular weight is 314 g/mol. The number of benzene rings is 3. The molecule has 0 aliphatic rings. The van der Waals surface area contributed by atoms with Crippen molar-refractivity contribution in [3.05, 3.63) is 83.9 Å². The molecule has 5 heteroatoms. The molecule has 2 N–H and O–H groups in total. The van der Waals surface area contributed by atoms with E-state index in [0.29, 0.717) is 5.56 Å². The van der Waals surface area contributed by atoms with Crippen molar-refractivity contribution < 1.29 is 18.9 Å². The molecule has 112 valence electrons. The van der Waals surface area contributed by atoms with Crippen LogP contribution < -0.4 is 0 Å². The molecule has 3 aromatic rings. The van der Waals surface area contributed by atoms with Crippen LogP contribution in [0.4, 0.5) is 0 Å². The van der Waals surface area contributed by atoms with Crippen molar-refractivity contribution in [2.75, 3.05) is 0 Å². The lowest BCUT2D eigenvalue weighted by atomic mass is 9.96. The van der Waals surface area contributed by atoms with E-state index in [9.17, 15) is 14.4 Å². The van der Waals surface area contributed by atoms with Crippen molar-refractivity contribution in [2.45, 2.75) is 6.10 Å². The van der Waals surface area contributed by atoms with E-state index in [1.54, 1.807) is 12.1 Å². The lowest BCUT2D eigenvalue weighted by Gasteiger charge is -2.20. The molecule has 3 aromatic carbocycles. The highest BCUT2D eigenvalue weighted by Gasteiger charge is 2.26. The summed E-state index contributed by atoms with van der Waals surface area (Å²) in [5.74, 6) is 0. The fourth-order valence-corrected chi connectivity index (χ4v) is 3.05. The van der Waals surface area contributed by atoms with E-state index in [1.165, 1.54) is 0 Å². The highest BCUT2D eigenvalue weighted by Crippen LogP contribution is 2.46. The third-order valence-electron chi connectivity index (χ3n) is 3.45. The quantitative estimate of drug-likeness (QED) is 0.713. The zero-order chi connectivity index (χ0) is 15.6. The summed E-state index contributed by atoms with van der Waals surface area (Å²) in [7, 11) is -4.63. The summed E-state index contributed by atoms with van der Waals surface area (Å²) < 4.78 is 16.5. The zero-order valence-corrected chi connectivity index (χ0v) is 12.6. The highest BCUT2D eigenvalue weighted by atomic mass is 31.2. The van der Waals surface area contributed by atoms with Crippen molar-refractivity contribution in [3.8, 4) is 0 Å². The molecule has 0 bridgehead atoms. The second-order valence-electron chi connectivity index (χ2n) is 4.96. The lowest BCUT2D eigenvalue weighted by Crippen LogP contribution is -2.05. The van der Waals surface area contributed by atoms with E-state index < -0.39 is 13.9 Å². The molecule has 3 rings (SSSR count). The molecule has 0 saturated heterocycles. The monoisotopic (exact) mass is 314 g/mol. The molecule has 0 aromatic heterocycles. The van der Waals surface area contributed by atoms with Crippen LogP contribution in [-0.2, 0) is 9.09 Å². The standard InChI is InChI=1S/C17H15O4P/c18-22(19,20)21-17(14-8-2-1-3-9-14)16-12-6-10-13-7-4-5-11-15(13)16/h1-12,17H,(H2,18,19,20). The summed E-state index contributed by atoms with van der Waals surface area (Å²) in [6, 6.07) is 22.4. The Bertz CT molecular complexity index is 821. The minimum atomic E-state index is -4.63. The SMILES string of the molecule is O=P(O)(O)OC(c1ccccc1)c1cccc2ccccc12. The fraction of sp³-hybridized carbons (Fsp3) is 0.0588. The molecule has 1 atom stereocenters. The molecule has 0 aliphatic heterocycles. The Morgan fingerprint density at radius 1 is 0.818 bits per heavy atom. The van der Waals surface area contributed by atoms with Crippen molar-refractivity contribution in [1.29, 1.82) is 0 Å². The van der Waals surface area contributed by atoms with Gasteiger partial charge in [0.25, 0.3) is 0 Å². The minimum Gasteiger partial charge on any atom is -0.303 e. The van der Waals surface area contributed by atoms with Crippen LogP contribution in [0.15, 0.2) is 72.8 Å². The number of hydrogen-bond acceptors (Lipinski definition) is 2. The first-order valence-electron chi connectivity index (χ1n) is 6.81.